The quantitative estimate of drug-likeness (QED) is 0.461. The number of carbonyl (C=O) groups excluding carboxylic acids is 3. The maximum atomic E-state index is 13.7. The normalized spacial score (nSPS) is 17.8. The molecule has 2 aromatic carbocycles. The van der Waals surface area contributed by atoms with Crippen LogP contribution in [-0.4, -0.2) is 71.9 Å². The fourth-order valence-electron chi connectivity index (χ4n) is 4.70. The summed E-state index contributed by atoms with van der Waals surface area (Å²) in [6.45, 7) is 4.69. The smallest absolute Gasteiger partial charge is 0.240 e. The lowest BCUT2D eigenvalue weighted by molar-refractivity contribution is -0.143. The molecule has 0 bridgehead atoms. The van der Waals surface area contributed by atoms with Gasteiger partial charge in [0.05, 0.1) is 43.3 Å². The fraction of sp³-hybridized carbons (Fsp3) is 0.407. The van der Waals surface area contributed by atoms with Gasteiger partial charge in [0.15, 0.2) is 0 Å². The van der Waals surface area contributed by atoms with Gasteiger partial charge in [-0.2, -0.15) is 0 Å². The first-order valence-electron chi connectivity index (χ1n) is 11.9. The maximum Gasteiger partial charge on any atom is 0.240 e. The molecule has 1 aliphatic rings. The number of fused-ring (bicyclic) bond motifs is 1. The molecule has 1 saturated heterocycles. The predicted molar refractivity (Wildman–Crippen MR) is 135 cm³/mol. The summed E-state index contributed by atoms with van der Waals surface area (Å²) < 4.78 is 10.4. The first-order chi connectivity index (χ1) is 17.2. The number of aryl methyl sites for hydroxylation is 2. The number of hydrogen-bond acceptors (Lipinski definition) is 6. The van der Waals surface area contributed by atoms with Crippen molar-refractivity contribution in [1.82, 2.24) is 19.8 Å². The van der Waals surface area contributed by atoms with Gasteiger partial charge in [-0.05, 0) is 54.8 Å². The molecule has 9 nitrogen and oxygen atoms in total. The molecular weight excluding hydrogens is 460 g/mol. The van der Waals surface area contributed by atoms with Gasteiger partial charge in [0, 0.05) is 27.0 Å². The Balaban J connectivity index is 1.61. The SMILES string of the molecule is COCCN1C(=O)C[C@@](CC(=O)N(C)Cc2nc3cc(C)c(C)cc3[nH]2)(c2cccc(OC)c2)C1=O. The highest BCUT2D eigenvalue weighted by atomic mass is 16.5. The molecule has 2 heterocycles. The number of H-pyrrole nitrogens is 1. The highest BCUT2D eigenvalue weighted by Crippen LogP contribution is 2.41. The van der Waals surface area contributed by atoms with Crippen molar-refractivity contribution in [2.45, 2.75) is 38.6 Å². The molecule has 0 unspecified atom stereocenters. The molecule has 36 heavy (non-hydrogen) atoms. The van der Waals surface area contributed by atoms with Crippen LogP contribution >= 0.6 is 0 Å². The Morgan fingerprint density at radius 3 is 2.64 bits per heavy atom. The number of imide groups is 1. The summed E-state index contributed by atoms with van der Waals surface area (Å²) in [5.41, 5.74) is 3.32. The Morgan fingerprint density at radius 1 is 1.17 bits per heavy atom. The van der Waals surface area contributed by atoms with Crippen molar-refractivity contribution in [2.75, 3.05) is 34.4 Å². The van der Waals surface area contributed by atoms with E-state index in [0.717, 1.165) is 22.2 Å². The zero-order chi connectivity index (χ0) is 26.0. The number of benzene rings is 2. The molecule has 1 N–H and O–H groups in total. The molecule has 190 valence electrons. The average Bonchev–Trinajstić information content (AvgIpc) is 3.34. The van der Waals surface area contributed by atoms with Gasteiger partial charge in [0.1, 0.15) is 11.6 Å². The van der Waals surface area contributed by atoms with Gasteiger partial charge in [-0.3, -0.25) is 19.3 Å². The van der Waals surface area contributed by atoms with Crippen molar-refractivity contribution < 1.29 is 23.9 Å². The van der Waals surface area contributed by atoms with Crippen LogP contribution in [0.3, 0.4) is 0 Å². The zero-order valence-corrected chi connectivity index (χ0v) is 21.4. The molecule has 0 aliphatic carbocycles. The summed E-state index contributed by atoms with van der Waals surface area (Å²) in [5, 5.41) is 0. The van der Waals surface area contributed by atoms with E-state index in [1.807, 2.05) is 26.0 Å². The second kappa shape index (κ2) is 10.1. The lowest BCUT2D eigenvalue weighted by atomic mass is 9.75. The van der Waals surface area contributed by atoms with Crippen LogP contribution in [0.25, 0.3) is 11.0 Å². The Morgan fingerprint density at radius 2 is 1.92 bits per heavy atom. The molecule has 3 amide bonds. The van der Waals surface area contributed by atoms with Crippen LogP contribution in [0.15, 0.2) is 36.4 Å². The van der Waals surface area contributed by atoms with E-state index in [4.69, 9.17) is 9.47 Å². The number of nitrogens with zero attached hydrogens (tertiary/aromatic N) is 3. The zero-order valence-electron chi connectivity index (χ0n) is 21.4. The van der Waals surface area contributed by atoms with Crippen molar-refractivity contribution in [3.63, 3.8) is 0 Å². The second-order valence-electron chi connectivity index (χ2n) is 9.40. The topological polar surface area (TPSA) is 105 Å². The van der Waals surface area contributed by atoms with Crippen LogP contribution in [-0.2, 0) is 31.1 Å². The summed E-state index contributed by atoms with van der Waals surface area (Å²) in [7, 11) is 4.72. The molecule has 1 fully saturated rings. The molecule has 0 saturated carbocycles. The number of hydrogen-bond donors (Lipinski definition) is 1. The second-order valence-corrected chi connectivity index (χ2v) is 9.40. The summed E-state index contributed by atoms with van der Waals surface area (Å²) in [5.74, 6) is 0.223. The van der Waals surface area contributed by atoms with Gasteiger partial charge < -0.3 is 19.4 Å². The molecule has 1 atom stereocenters. The van der Waals surface area contributed by atoms with E-state index in [-0.39, 0.29) is 44.4 Å². The van der Waals surface area contributed by atoms with Crippen LogP contribution in [0.4, 0.5) is 0 Å². The van der Waals surface area contributed by atoms with Crippen molar-refractivity contribution in [3.8, 4) is 5.75 Å². The van der Waals surface area contributed by atoms with E-state index in [0.29, 0.717) is 17.1 Å². The Kier molecular flexibility index (Phi) is 7.12. The van der Waals surface area contributed by atoms with Crippen molar-refractivity contribution >= 4 is 28.8 Å². The number of aromatic nitrogens is 2. The Labute approximate surface area is 210 Å². The Bertz CT molecular complexity index is 1280. The van der Waals surface area contributed by atoms with E-state index in [2.05, 4.69) is 9.97 Å². The van der Waals surface area contributed by atoms with E-state index in [9.17, 15) is 14.4 Å². The summed E-state index contributed by atoms with van der Waals surface area (Å²) in [6.07, 6.45) is -0.241. The highest BCUT2D eigenvalue weighted by Gasteiger charge is 2.54. The molecule has 4 rings (SSSR count). The van der Waals surface area contributed by atoms with E-state index in [1.165, 1.54) is 24.0 Å². The fourth-order valence-corrected chi connectivity index (χ4v) is 4.70. The van der Waals surface area contributed by atoms with Crippen LogP contribution in [0, 0.1) is 13.8 Å². The standard InChI is InChI=1S/C27H32N4O5/c1-17-11-21-22(12-18(17)2)29-23(28-21)16-30(3)24(32)14-27(19-7-6-8-20(13-19)36-5)15-25(33)31(26(27)34)9-10-35-4/h6-8,11-13H,9-10,14-16H2,1-5H3,(H,28,29)/t27-/m0/s1. The van der Waals surface area contributed by atoms with E-state index in [1.54, 1.807) is 31.3 Å². The molecule has 0 spiro atoms. The number of carbonyl (C=O) groups is 3. The predicted octanol–water partition coefficient (Wildman–Crippen LogP) is 2.88. The summed E-state index contributed by atoms with van der Waals surface area (Å²) >= 11 is 0. The molecule has 1 aliphatic heterocycles. The molecule has 0 radical (unpaired) electrons. The molecule has 1 aromatic heterocycles. The number of aromatic amines is 1. The third kappa shape index (κ3) is 4.70. The van der Waals surface area contributed by atoms with Crippen molar-refractivity contribution in [3.05, 3.63) is 58.9 Å². The number of rotatable bonds is 9. The number of methoxy groups -OCH3 is 2. The molecular formula is C27H32N4O5. The average molecular weight is 493 g/mol. The third-order valence-electron chi connectivity index (χ3n) is 6.96. The van der Waals surface area contributed by atoms with Crippen LogP contribution in [0.5, 0.6) is 5.75 Å². The van der Waals surface area contributed by atoms with Crippen molar-refractivity contribution in [1.29, 1.82) is 0 Å². The minimum atomic E-state index is -1.31. The largest absolute Gasteiger partial charge is 0.497 e. The van der Waals surface area contributed by atoms with Gasteiger partial charge in [-0.25, -0.2) is 4.98 Å². The minimum absolute atomic E-state index is 0.0918. The van der Waals surface area contributed by atoms with Gasteiger partial charge in [-0.1, -0.05) is 12.1 Å². The van der Waals surface area contributed by atoms with Crippen LogP contribution < -0.4 is 4.74 Å². The maximum absolute atomic E-state index is 13.7. The van der Waals surface area contributed by atoms with E-state index < -0.39 is 11.3 Å². The van der Waals surface area contributed by atoms with Gasteiger partial charge in [-0.15, -0.1) is 0 Å². The number of ether oxygens (including phenoxy) is 2. The molecule has 9 heteroatoms. The van der Waals surface area contributed by atoms with Gasteiger partial charge >= 0.3 is 0 Å². The Hall–Kier alpha value is -3.72. The first kappa shape index (κ1) is 25.4. The van der Waals surface area contributed by atoms with Crippen LogP contribution in [0.2, 0.25) is 0 Å². The third-order valence-corrected chi connectivity index (χ3v) is 6.96. The highest BCUT2D eigenvalue weighted by molar-refractivity contribution is 6.10. The minimum Gasteiger partial charge on any atom is -0.497 e. The summed E-state index contributed by atoms with van der Waals surface area (Å²) in [4.78, 5) is 50.7. The number of likely N-dealkylation sites (tertiary alicyclic amines) is 1. The lowest BCUT2D eigenvalue weighted by Gasteiger charge is -2.29. The number of amides is 3. The lowest BCUT2D eigenvalue weighted by Crippen LogP contribution is -2.43. The number of imidazole rings is 1. The van der Waals surface area contributed by atoms with Gasteiger partial charge in [0.25, 0.3) is 0 Å². The number of nitrogens with one attached hydrogen (secondary N) is 1. The molecule has 3 aromatic rings. The van der Waals surface area contributed by atoms with Crippen molar-refractivity contribution in [2.24, 2.45) is 0 Å². The van der Waals surface area contributed by atoms with Gasteiger partial charge in [0.2, 0.25) is 17.7 Å². The first-order valence-corrected chi connectivity index (χ1v) is 11.9. The van der Waals surface area contributed by atoms with Crippen LogP contribution in [0.1, 0.15) is 35.4 Å². The monoisotopic (exact) mass is 492 g/mol. The van der Waals surface area contributed by atoms with E-state index >= 15 is 0 Å². The summed E-state index contributed by atoms with van der Waals surface area (Å²) in [6, 6.07) is 11.1.